The molecule has 0 aromatic heterocycles. The second kappa shape index (κ2) is 9.65. The third-order valence-corrected chi connectivity index (χ3v) is 5.94. The Labute approximate surface area is 189 Å². The first kappa shape index (κ1) is 22.2. The summed E-state index contributed by atoms with van der Waals surface area (Å²) in [5, 5.41) is 9.19. The summed E-state index contributed by atoms with van der Waals surface area (Å²) in [4.78, 5) is 25.6. The van der Waals surface area contributed by atoms with Crippen LogP contribution in [0.3, 0.4) is 0 Å². The molecular formula is C23H23ClFNO6. The topological polar surface area (TPSA) is 85.3 Å². The normalized spacial score (nSPS) is 21.8. The Hall–Kier alpha value is -3.00. The Morgan fingerprint density at radius 1 is 1.00 bits per heavy atom. The molecule has 170 valence electrons. The lowest BCUT2D eigenvalue weighted by Gasteiger charge is -2.38. The van der Waals surface area contributed by atoms with Crippen molar-refractivity contribution in [1.82, 2.24) is 4.90 Å². The molecule has 2 saturated heterocycles. The van der Waals surface area contributed by atoms with Gasteiger partial charge >= 0.3 is 5.97 Å². The van der Waals surface area contributed by atoms with E-state index < -0.39 is 12.6 Å². The van der Waals surface area contributed by atoms with Crippen LogP contribution in [0.5, 0.6) is 17.2 Å². The van der Waals surface area contributed by atoms with Crippen molar-refractivity contribution in [2.45, 2.75) is 43.9 Å². The standard InChI is InChI=1S/C23H23ClFNO6/c24-14-1-8-20(21(9-14)31-13-23(28)29)30-12-22(27)26-16-4-5-17(26)11-19(10-16)32-18-6-2-15(25)3-7-18/h1-3,6-9,16-17,19H,4-5,10-13H2,(H,28,29). The van der Waals surface area contributed by atoms with Crippen LogP contribution < -0.4 is 14.2 Å². The number of hydrogen-bond acceptors (Lipinski definition) is 5. The van der Waals surface area contributed by atoms with Crippen LogP contribution in [0.15, 0.2) is 42.5 Å². The van der Waals surface area contributed by atoms with Gasteiger partial charge in [-0.3, -0.25) is 4.79 Å². The molecule has 1 amide bonds. The fraction of sp³-hybridized carbons (Fsp3) is 0.391. The molecule has 0 saturated carbocycles. The number of benzene rings is 2. The van der Waals surface area contributed by atoms with Gasteiger partial charge in [-0.2, -0.15) is 0 Å². The Morgan fingerprint density at radius 3 is 2.31 bits per heavy atom. The summed E-state index contributed by atoms with van der Waals surface area (Å²) in [6.07, 6.45) is 3.16. The van der Waals surface area contributed by atoms with Crippen molar-refractivity contribution in [1.29, 1.82) is 0 Å². The third kappa shape index (κ3) is 5.24. The highest BCUT2D eigenvalue weighted by Gasteiger charge is 2.44. The van der Waals surface area contributed by atoms with Crippen molar-refractivity contribution in [3.05, 3.63) is 53.3 Å². The van der Waals surface area contributed by atoms with Gasteiger partial charge in [-0.15, -0.1) is 0 Å². The van der Waals surface area contributed by atoms with E-state index in [-0.39, 0.29) is 48.0 Å². The molecule has 2 atom stereocenters. The maximum Gasteiger partial charge on any atom is 0.341 e. The zero-order chi connectivity index (χ0) is 22.7. The van der Waals surface area contributed by atoms with Gasteiger partial charge < -0.3 is 24.2 Å². The van der Waals surface area contributed by atoms with Gasteiger partial charge in [-0.05, 0) is 49.2 Å². The monoisotopic (exact) mass is 463 g/mol. The number of amides is 1. The Bertz CT molecular complexity index is 971. The molecule has 1 N–H and O–H groups in total. The molecule has 0 spiro atoms. The molecule has 2 fully saturated rings. The van der Waals surface area contributed by atoms with E-state index >= 15 is 0 Å². The molecule has 2 heterocycles. The molecule has 2 aromatic carbocycles. The van der Waals surface area contributed by atoms with Crippen molar-refractivity contribution < 1.29 is 33.3 Å². The predicted octanol–water partition coefficient (Wildman–Crippen LogP) is 3.92. The summed E-state index contributed by atoms with van der Waals surface area (Å²) >= 11 is 5.95. The number of halogens is 2. The summed E-state index contributed by atoms with van der Waals surface area (Å²) in [5.74, 6) is -0.537. The highest BCUT2D eigenvalue weighted by atomic mass is 35.5. The van der Waals surface area contributed by atoms with Gasteiger partial charge in [0.2, 0.25) is 0 Å². The minimum atomic E-state index is -1.13. The number of hydrogen-bond donors (Lipinski definition) is 1. The lowest BCUT2D eigenvalue weighted by molar-refractivity contribution is -0.140. The average molecular weight is 464 g/mol. The van der Waals surface area contributed by atoms with Crippen LogP contribution in [-0.2, 0) is 9.59 Å². The number of piperidine rings is 1. The van der Waals surface area contributed by atoms with Gasteiger partial charge in [0.1, 0.15) is 17.7 Å². The van der Waals surface area contributed by atoms with Gasteiger partial charge in [-0.1, -0.05) is 11.6 Å². The number of aliphatic carboxylic acids is 1. The molecule has 32 heavy (non-hydrogen) atoms. The average Bonchev–Trinajstić information content (AvgIpc) is 3.03. The summed E-state index contributed by atoms with van der Waals surface area (Å²) in [6, 6.07) is 10.6. The number of fused-ring (bicyclic) bond motifs is 2. The van der Waals surface area contributed by atoms with Crippen LogP contribution in [0.2, 0.25) is 5.02 Å². The largest absolute Gasteiger partial charge is 0.490 e. The Balaban J connectivity index is 1.35. The van der Waals surface area contributed by atoms with Crippen molar-refractivity contribution in [2.24, 2.45) is 0 Å². The van der Waals surface area contributed by atoms with Crippen molar-refractivity contribution in [3.8, 4) is 17.2 Å². The SMILES string of the molecule is O=C(O)COc1cc(Cl)ccc1OCC(=O)N1C2CCC1CC(Oc1ccc(F)cc1)C2. The van der Waals surface area contributed by atoms with Crippen molar-refractivity contribution >= 4 is 23.5 Å². The first-order valence-electron chi connectivity index (χ1n) is 10.4. The van der Waals surface area contributed by atoms with Crippen LogP contribution in [-0.4, -0.2) is 53.3 Å². The van der Waals surface area contributed by atoms with E-state index in [1.54, 1.807) is 24.3 Å². The van der Waals surface area contributed by atoms with Gasteiger partial charge in [0.15, 0.2) is 24.7 Å². The first-order valence-corrected chi connectivity index (χ1v) is 10.8. The van der Waals surface area contributed by atoms with Crippen LogP contribution in [0.4, 0.5) is 4.39 Å². The molecule has 2 aromatic rings. The van der Waals surface area contributed by atoms with Gasteiger partial charge in [-0.25, -0.2) is 9.18 Å². The summed E-state index contributed by atoms with van der Waals surface area (Å²) in [5.41, 5.74) is 0. The number of ether oxygens (including phenoxy) is 3. The quantitative estimate of drug-likeness (QED) is 0.638. The van der Waals surface area contributed by atoms with Gasteiger partial charge in [0.05, 0.1) is 0 Å². The number of carboxylic acid groups (broad SMARTS) is 1. The van der Waals surface area contributed by atoms with E-state index in [1.165, 1.54) is 18.2 Å². The predicted molar refractivity (Wildman–Crippen MR) is 114 cm³/mol. The van der Waals surface area contributed by atoms with Gasteiger partial charge in [0.25, 0.3) is 5.91 Å². The summed E-state index contributed by atoms with van der Waals surface area (Å²) in [7, 11) is 0. The van der Waals surface area contributed by atoms with Crippen molar-refractivity contribution in [2.75, 3.05) is 13.2 Å². The van der Waals surface area contributed by atoms with Crippen LogP contribution in [0, 0.1) is 5.82 Å². The molecule has 0 radical (unpaired) electrons. The van der Waals surface area contributed by atoms with E-state index in [4.69, 9.17) is 30.9 Å². The molecule has 2 aliphatic heterocycles. The lowest BCUT2D eigenvalue weighted by Crippen LogP contribution is -2.50. The van der Waals surface area contributed by atoms with E-state index in [1.807, 2.05) is 4.90 Å². The lowest BCUT2D eigenvalue weighted by atomic mass is 9.99. The fourth-order valence-electron chi connectivity index (χ4n) is 4.40. The second-order valence-electron chi connectivity index (χ2n) is 7.91. The van der Waals surface area contributed by atoms with E-state index in [0.29, 0.717) is 23.6 Å². The summed E-state index contributed by atoms with van der Waals surface area (Å²) in [6.45, 7) is -0.738. The highest BCUT2D eigenvalue weighted by Crippen LogP contribution is 2.38. The molecular weight excluding hydrogens is 441 g/mol. The minimum Gasteiger partial charge on any atom is -0.490 e. The molecule has 0 aliphatic carbocycles. The Kier molecular flexibility index (Phi) is 6.69. The highest BCUT2D eigenvalue weighted by molar-refractivity contribution is 6.30. The van der Waals surface area contributed by atoms with E-state index in [0.717, 1.165) is 12.8 Å². The molecule has 9 heteroatoms. The number of carboxylic acids is 1. The Morgan fingerprint density at radius 2 is 1.66 bits per heavy atom. The number of rotatable bonds is 8. The summed E-state index contributed by atoms with van der Waals surface area (Å²) < 4.78 is 30.0. The molecule has 4 rings (SSSR count). The van der Waals surface area contributed by atoms with E-state index in [9.17, 15) is 14.0 Å². The second-order valence-corrected chi connectivity index (χ2v) is 8.35. The number of carbonyl (C=O) groups is 2. The number of carbonyl (C=O) groups excluding carboxylic acids is 1. The molecule has 2 aliphatic rings. The number of nitrogens with zero attached hydrogens (tertiary/aromatic N) is 1. The zero-order valence-corrected chi connectivity index (χ0v) is 18.0. The van der Waals surface area contributed by atoms with Crippen LogP contribution >= 0.6 is 11.6 Å². The van der Waals surface area contributed by atoms with Crippen LogP contribution in [0.25, 0.3) is 0 Å². The minimum absolute atomic E-state index is 0.0322. The molecule has 7 nitrogen and oxygen atoms in total. The van der Waals surface area contributed by atoms with Crippen LogP contribution in [0.1, 0.15) is 25.7 Å². The maximum atomic E-state index is 13.1. The van der Waals surface area contributed by atoms with Gasteiger partial charge in [0, 0.05) is 36.0 Å². The fourth-order valence-corrected chi connectivity index (χ4v) is 4.57. The first-order chi connectivity index (χ1) is 15.4. The molecule has 2 unspecified atom stereocenters. The third-order valence-electron chi connectivity index (χ3n) is 5.70. The maximum absolute atomic E-state index is 13.1. The smallest absolute Gasteiger partial charge is 0.341 e. The van der Waals surface area contributed by atoms with E-state index in [2.05, 4.69) is 0 Å². The zero-order valence-electron chi connectivity index (χ0n) is 17.2. The van der Waals surface area contributed by atoms with Crippen molar-refractivity contribution in [3.63, 3.8) is 0 Å². The molecule has 2 bridgehead atoms.